The first-order valence-corrected chi connectivity index (χ1v) is 5.80. The van der Waals surface area contributed by atoms with Gasteiger partial charge in [-0.3, -0.25) is 9.69 Å². The fraction of sp³-hybridized carbons (Fsp3) is 0.909. The van der Waals surface area contributed by atoms with Crippen LogP contribution in [0.5, 0.6) is 0 Å². The standard InChI is InChI=1S/C11H20N2O/c12-9-6-7-13(8-9)10-4-2-1-3-5-11(10)14/h9-10H,1-8,12H2. The molecule has 0 radical (unpaired) electrons. The van der Waals surface area contributed by atoms with Gasteiger partial charge in [-0.1, -0.05) is 12.8 Å². The minimum atomic E-state index is 0.200. The van der Waals surface area contributed by atoms with Crippen molar-refractivity contribution >= 4 is 5.78 Å². The van der Waals surface area contributed by atoms with E-state index in [2.05, 4.69) is 4.90 Å². The number of nitrogens with zero attached hydrogens (tertiary/aromatic N) is 1. The van der Waals surface area contributed by atoms with Gasteiger partial charge < -0.3 is 5.73 Å². The molecule has 0 spiro atoms. The first-order chi connectivity index (χ1) is 6.77. The second kappa shape index (κ2) is 4.41. The summed E-state index contributed by atoms with van der Waals surface area (Å²) in [6.45, 7) is 1.95. The van der Waals surface area contributed by atoms with Crippen molar-refractivity contribution in [1.82, 2.24) is 4.90 Å². The summed E-state index contributed by atoms with van der Waals surface area (Å²) in [5, 5.41) is 0. The van der Waals surface area contributed by atoms with Crippen LogP contribution in [0.2, 0.25) is 0 Å². The monoisotopic (exact) mass is 196 g/mol. The summed E-state index contributed by atoms with van der Waals surface area (Å²) in [7, 11) is 0. The second-order valence-corrected chi connectivity index (χ2v) is 4.63. The van der Waals surface area contributed by atoms with Crippen LogP contribution >= 0.6 is 0 Å². The summed E-state index contributed by atoms with van der Waals surface area (Å²) >= 11 is 0. The molecule has 0 amide bonds. The maximum atomic E-state index is 11.8. The SMILES string of the molecule is NC1CCN(C2CCCCCC2=O)C1. The van der Waals surface area contributed by atoms with Crippen molar-refractivity contribution in [2.24, 2.45) is 5.73 Å². The molecule has 1 heterocycles. The van der Waals surface area contributed by atoms with Crippen molar-refractivity contribution in [2.75, 3.05) is 13.1 Å². The van der Waals surface area contributed by atoms with Gasteiger partial charge in [0.2, 0.25) is 0 Å². The highest BCUT2D eigenvalue weighted by Crippen LogP contribution is 2.22. The van der Waals surface area contributed by atoms with Crippen LogP contribution < -0.4 is 5.73 Å². The molecule has 80 valence electrons. The molecule has 2 atom stereocenters. The second-order valence-electron chi connectivity index (χ2n) is 4.63. The van der Waals surface area contributed by atoms with Crippen LogP contribution in [0.3, 0.4) is 0 Å². The first kappa shape index (κ1) is 10.1. The van der Waals surface area contributed by atoms with Gasteiger partial charge in [0.05, 0.1) is 6.04 Å². The summed E-state index contributed by atoms with van der Waals surface area (Å²) in [4.78, 5) is 14.1. The zero-order valence-electron chi connectivity index (χ0n) is 8.74. The zero-order chi connectivity index (χ0) is 9.97. The Morgan fingerprint density at radius 1 is 1.21 bits per heavy atom. The van der Waals surface area contributed by atoms with Gasteiger partial charge in [-0.25, -0.2) is 0 Å². The Balaban J connectivity index is 1.97. The third-order valence-corrected chi connectivity index (χ3v) is 3.47. The number of likely N-dealkylation sites (tertiary alicyclic amines) is 1. The maximum Gasteiger partial charge on any atom is 0.149 e. The van der Waals surface area contributed by atoms with E-state index in [1.165, 1.54) is 12.8 Å². The smallest absolute Gasteiger partial charge is 0.149 e. The molecule has 0 aromatic heterocycles. The highest BCUT2D eigenvalue weighted by molar-refractivity contribution is 5.84. The average molecular weight is 196 g/mol. The van der Waals surface area contributed by atoms with E-state index < -0.39 is 0 Å². The van der Waals surface area contributed by atoms with Crippen LogP contribution in [0.1, 0.15) is 38.5 Å². The maximum absolute atomic E-state index is 11.8. The summed E-state index contributed by atoms with van der Waals surface area (Å²) in [5.41, 5.74) is 5.86. The number of hydrogen-bond acceptors (Lipinski definition) is 3. The van der Waals surface area contributed by atoms with Crippen LogP contribution in [-0.4, -0.2) is 35.9 Å². The van der Waals surface area contributed by atoms with Crippen molar-refractivity contribution in [3.05, 3.63) is 0 Å². The van der Waals surface area contributed by atoms with Gasteiger partial charge in [0.25, 0.3) is 0 Å². The van der Waals surface area contributed by atoms with E-state index in [9.17, 15) is 4.79 Å². The Bertz CT molecular complexity index is 217. The summed E-state index contributed by atoms with van der Waals surface area (Å²) in [6.07, 6.45) is 6.44. The van der Waals surface area contributed by atoms with Crippen molar-refractivity contribution in [1.29, 1.82) is 0 Å². The lowest BCUT2D eigenvalue weighted by Crippen LogP contribution is -2.40. The number of nitrogens with two attached hydrogens (primary N) is 1. The Labute approximate surface area is 85.6 Å². The van der Waals surface area contributed by atoms with Crippen molar-refractivity contribution in [3.8, 4) is 0 Å². The normalized spacial score (nSPS) is 35.9. The van der Waals surface area contributed by atoms with Gasteiger partial charge in [0.15, 0.2) is 0 Å². The molecule has 2 rings (SSSR count). The summed E-state index contributed by atoms with van der Waals surface area (Å²) in [5.74, 6) is 0.455. The van der Waals surface area contributed by atoms with E-state index in [-0.39, 0.29) is 6.04 Å². The molecule has 1 aliphatic heterocycles. The van der Waals surface area contributed by atoms with E-state index in [4.69, 9.17) is 5.73 Å². The molecule has 1 saturated heterocycles. The Kier molecular flexibility index (Phi) is 3.19. The number of Topliss-reactive ketones (excluding diaryl/α,β-unsaturated/α-hetero) is 1. The summed E-state index contributed by atoms with van der Waals surface area (Å²) < 4.78 is 0. The number of ketones is 1. The lowest BCUT2D eigenvalue weighted by molar-refractivity contribution is -0.123. The van der Waals surface area contributed by atoms with E-state index in [0.717, 1.165) is 38.8 Å². The van der Waals surface area contributed by atoms with Crippen LogP contribution in [0.25, 0.3) is 0 Å². The van der Waals surface area contributed by atoms with Crippen LogP contribution in [0.15, 0.2) is 0 Å². The van der Waals surface area contributed by atoms with Crippen LogP contribution in [0.4, 0.5) is 0 Å². The molecule has 1 saturated carbocycles. The van der Waals surface area contributed by atoms with Gasteiger partial charge in [0, 0.05) is 25.6 Å². The molecule has 0 aromatic carbocycles. The highest BCUT2D eigenvalue weighted by Gasteiger charge is 2.31. The molecule has 2 N–H and O–H groups in total. The third-order valence-electron chi connectivity index (χ3n) is 3.47. The van der Waals surface area contributed by atoms with E-state index >= 15 is 0 Å². The Hall–Kier alpha value is -0.410. The minimum absolute atomic E-state index is 0.200. The molecular formula is C11H20N2O. The molecule has 2 unspecified atom stereocenters. The van der Waals surface area contributed by atoms with Gasteiger partial charge in [-0.05, 0) is 19.3 Å². The molecule has 14 heavy (non-hydrogen) atoms. The molecule has 0 bridgehead atoms. The lowest BCUT2D eigenvalue weighted by atomic mass is 10.1. The van der Waals surface area contributed by atoms with Crippen molar-refractivity contribution in [2.45, 2.75) is 50.6 Å². The topological polar surface area (TPSA) is 46.3 Å². The largest absolute Gasteiger partial charge is 0.326 e. The third kappa shape index (κ3) is 2.15. The van der Waals surface area contributed by atoms with Gasteiger partial charge in [-0.2, -0.15) is 0 Å². The van der Waals surface area contributed by atoms with E-state index in [1.807, 2.05) is 0 Å². The number of carbonyl (C=O) groups excluding carboxylic acids is 1. The molecule has 1 aliphatic carbocycles. The van der Waals surface area contributed by atoms with Crippen molar-refractivity contribution in [3.63, 3.8) is 0 Å². The zero-order valence-corrected chi connectivity index (χ0v) is 8.74. The quantitative estimate of drug-likeness (QED) is 0.634. The van der Waals surface area contributed by atoms with Gasteiger partial charge in [0.1, 0.15) is 5.78 Å². The van der Waals surface area contributed by atoms with Gasteiger partial charge in [-0.15, -0.1) is 0 Å². The first-order valence-electron chi connectivity index (χ1n) is 5.80. The molecule has 0 aromatic rings. The minimum Gasteiger partial charge on any atom is -0.326 e. The predicted molar refractivity (Wildman–Crippen MR) is 56.0 cm³/mol. The fourth-order valence-corrected chi connectivity index (χ4v) is 2.63. The number of carbonyl (C=O) groups is 1. The number of rotatable bonds is 1. The summed E-state index contributed by atoms with van der Waals surface area (Å²) in [6, 6.07) is 0.497. The molecular weight excluding hydrogens is 176 g/mol. The van der Waals surface area contributed by atoms with Crippen LogP contribution in [0, 0.1) is 0 Å². The number of hydrogen-bond donors (Lipinski definition) is 1. The van der Waals surface area contributed by atoms with Crippen molar-refractivity contribution < 1.29 is 4.79 Å². The van der Waals surface area contributed by atoms with E-state index in [0.29, 0.717) is 11.8 Å². The molecule has 3 nitrogen and oxygen atoms in total. The lowest BCUT2D eigenvalue weighted by Gasteiger charge is -2.24. The fourth-order valence-electron chi connectivity index (χ4n) is 2.63. The van der Waals surface area contributed by atoms with E-state index in [1.54, 1.807) is 0 Å². The van der Waals surface area contributed by atoms with Gasteiger partial charge >= 0.3 is 0 Å². The average Bonchev–Trinajstić information content (AvgIpc) is 2.46. The van der Waals surface area contributed by atoms with Crippen LogP contribution in [-0.2, 0) is 4.79 Å². The Morgan fingerprint density at radius 3 is 2.79 bits per heavy atom. The molecule has 2 aliphatic rings. The molecule has 3 heteroatoms. The molecule has 2 fully saturated rings. The predicted octanol–water partition coefficient (Wildman–Crippen LogP) is 0.921. The highest BCUT2D eigenvalue weighted by atomic mass is 16.1. The Morgan fingerprint density at radius 2 is 2.07 bits per heavy atom.